The molecule has 17 heavy (non-hydrogen) atoms. The molecule has 0 saturated carbocycles. The molecule has 94 valence electrons. The van der Waals surface area contributed by atoms with Gasteiger partial charge in [0.2, 0.25) is 0 Å². The predicted molar refractivity (Wildman–Crippen MR) is 69.0 cm³/mol. The number of aliphatic carboxylic acids is 1. The zero-order chi connectivity index (χ0) is 13.0. The van der Waals surface area contributed by atoms with Crippen molar-refractivity contribution in [1.82, 2.24) is 0 Å². The highest BCUT2D eigenvalue weighted by Crippen LogP contribution is 2.27. The molecule has 0 aliphatic carbocycles. The number of thioether (sulfide) groups is 1. The monoisotopic (exact) mass is 276 g/mol. The Labute approximate surface area is 109 Å². The third kappa shape index (κ3) is 4.21. The molecule has 0 saturated heterocycles. The Morgan fingerprint density at radius 3 is 2.71 bits per heavy atom. The van der Waals surface area contributed by atoms with Crippen molar-refractivity contribution in [3.63, 3.8) is 0 Å². The van der Waals surface area contributed by atoms with E-state index in [1.165, 1.54) is 30.0 Å². The summed E-state index contributed by atoms with van der Waals surface area (Å²) in [4.78, 5) is 11.0. The van der Waals surface area contributed by atoms with E-state index >= 15 is 0 Å². The number of benzene rings is 1. The summed E-state index contributed by atoms with van der Waals surface area (Å²) in [5.74, 6) is -0.796. The van der Waals surface area contributed by atoms with Crippen LogP contribution in [0.1, 0.15) is 19.4 Å². The van der Waals surface area contributed by atoms with Gasteiger partial charge in [0.1, 0.15) is 11.1 Å². The van der Waals surface area contributed by atoms with Crippen LogP contribution in [-0.4, -0.2) is 16.3 Å². The number of hydrogen-bond acceptors (Lipinski definition) is 2. The Balaban J connectivity index is 2.72. The Morgan fingerprint density at radius 1 is 1.53 bits per heavy atom. The highest BCUT2D eigenvalue weighted by atomic mass is 35.5. The summed E-state index contributed by atoms with van der Waals surface area (Å²) in [6.07, 6.45) is 0. The first-order valence-electron chi connectivity index (χ1n) is 5.20. The van der Waals surface area contributed by atoms with Crippen LogP contribution in [0, 0.1) is 11.7 Å². The molecular weight excluding hydrogens is 263 g/mol. The maximum atomic E-state index is 13.0. The van der Waals surface area contributed by atoms with Gasteiger partial charge in [-0.25, -0.2) is 4.39 Å². The first-order valence-corrected chi connectivity index (χ1v) is 6.63. The van der Waals surface area contributed by atoms with Crippen LogP contribution in [0.2, 0.25) is 5.02 Å². The molecule has 5 heteroatoms. The summed E-state index contributed by atoms with van der Waals surface area (Å²) < 4.78 is 13.0. The summed E-state index contributed by atoms with van der Waals surface area (Å²) in [6.45, 7) is 3.69. The van der Waals surface area contributed by atoms with Crippen LogP contribution >= 0.6 is 23.4 Å². The third-order valence-electron chi connectivity index (χ3n) is 2.28. The van der Waals surface area contributed by atoms with Crippen molar-refractivity contribution in [2.45, 2.75) is 24.9 Å². The average molecular weight is 277 g/mol. The van der Waals surface area contributed by atoms with Crippen molar-refractivity contribution in [3.8, 4) is 0 Å². The smallest absolute Gasteiger partial charge is 0.316 e. The molecule has 1 unspecified atom stereocenters. The van der Waals surface area contributed by atoms with Gasteiger partial charge in [-0.3, -0.25) is 4.79 Å². The number of halogens is 2. The maximum absolute atomic E-state index is 13.0. The summed E-state index contributed by atoms with van der Waals surface area (Å²) in [7, 11) is 0. The number of hydrogen-bond donors (Lipinski definition) is 1. The number of carboxylic acids is 1. The highest BCUT2D eigenvalue weighted by molar-refractivity contribution is 7.99. The minimum atomic E-state index is -0.850. The first-order chi connectivity index (χ1) is 7.91. The van der Waals surface area contributed by atoms with Crippen molar-refractivity contribution >= 4 is 29.3 Å². The fraction of sp³-hybridized carbons (Fsp3) is 0.417. The van der Waals surface area contributed by atoms with Crippen LogP contribution < -0.4 is 0 Å². The largest absolute Gasteiger partial charge is 0.480 e. The van der Waals surface area contributed by atoms with Crippen LogP contribution in [0.4, 0.5) is 4.39 Å². The van der Waals surface area contributed by atoms with Gasteiger partial charge in [0.25, 0.3) is 0 Å². The number of carbonyl (C=O) groups is 1. The van der Waals surface area contributed by atoms with E-state index in [4.69, 9.17) is 16.7 Å². The van der Waals surface area contributed by atoms with Gasteiger partial charge in [-0.2, -0.15) is 0 Å². The van der Waals surface area contributed by atoms with E-state index in [1.54, 1.807) is 0 Å². The molecule has 0 aliphatic rings. The molecule has 0 fully saturated rings. The lowest BCUT2D eigenvalue weighted by atomic mass is 10.1. The van der Waals surface area contributed by atoms with Gasteiger partial charge in [-0.15, -0.1) is 11.8 Å². The Hall–Kier alpha value is -0.740. The maximum Gasteiger partial charge on any atom is 0.316 e. The van der Waals surface area contributed by atoms with Crippen LogP contribution in [-0.2, 0) is 10.5 Å². The van der Waals surface area contributed by atoms with Gasteiger partial charge in [-0.05, 0) is 29.7 Å². The second-order valence-electron chi connectivity index (χ2n) is 4.05. The first kappa shape index (κ1) is 14.3. The molecular formula is C12H14ClFO2S. The molecule has 0 aromatic heterocycles. The van der Waals surface area contributed by atoms with Crippen molar-refractivity contribution in [3.05, 3.63) is 34.6 Å². The molecule has 1 N–H and O–H groups in total. The van der Waals surface area contributed by atoms with Crippen molar-refractivity contribution in [2.24, 2.45) is 5.92 Å². The van der Waals surface area contributed by atoms with E-state index in [1.807, 2.05) is 13.8 Å². The van der Waals surface area contributed by atoms with Crippen molar-refractivity contribution in [2.75, 3.05) is 0 Å². The summed E-state index contributed by atoms with van der Waals surface area (Å²) in [6, 6.07) is 4.11. The van der Waals surface area contributed by atoms with E-state index in [-0.39, 0.29) is 11.7 Å². The third-order valence-corrected chi connectivity index (χ3v) is 4.23. The molecule has 0 radical (unpaired) electrons. The predicted octanol–water partition coefficient (Wildman–Crippen LogP) is 3.82. The van der Waals surface area contributed by atoms with Crippen molar-refractivity contribution in [1.29, 1.82) is 0 Å². The lowest BCUT2D eigenvalue weighted by Crippen LogP contribution is -2.22. The van der Waals surface area contributed by atoms with Gasteiger partial charge in [0, 0.05) is 10.8 Å². The number of rotatable bonds is 5. The van der Waals surface area contributed by atoms with E-state index < -0.39 is 11.2 Å². The quantitative estimate of drug-likeness (QED) is 0.888. The normalized spacial score (nSPS) is 12.8. The molecule has 0 aliphatic heterocycles. The fourth-order valence-electron chi connectivity index (χ4n) is 1.38. The molecule has 2 nitrogen and oxygen atoms in total. The van der Waals surface area contributed by atoms with Crippen LogP contribution in [0.25, 0.3) is 0 Å². The lowest BCUT2D eigenvalue weighted by molar-refractivity contribution is -0.137. The Morgan fingerprint density at radius 2 is 2.18 bits per heavy atom. The Kier molecular flexibility index (Phi) is 5.28. The minimum absolute atomic E-state index is 0.0184. The lowest BCUT2D eigenvalue weighted by Gasteiger charge is -2.15. The molecule has 1 aromatic carbocycles. The van der Waals surface area contributed by atoms with E-state index in [0.29, 0.717) is 16.3 Å². The van der Waals surface area contributed by atoms with E-state index in [0.717, 1.165) is 0 Å². The van der Waals surface area contributed by atoms with Crippen LogP contribution in [0.3, 0.4) is 0 Å². The average Bonchev–Trinajstić information content (AvgIpc) is 2.22. The zero-order valence-corrected chi connectivity index (χ0v) is 11.2. The second-order valence-corrected chi connectivity index (χ2v) is 5.59. The second kappa shape index (κ2) is 6.26. The number of carboxylic acid groups (broad SMARTS) is 1. The Bertz CT molecular complexity index is 409. The van der Waals surface area contributed by atoms with Gasteiger partial charge in [0.05, 0.1) is 0 Å². The van der Waals surface area contributed by atoms with E-state index in [2.05, 4.69) is 0 Å². The summed E-state index contributed by atoms with van der Waals surface area (Å²) in [5.41, 5.74) is 0.628. The van der Waals surface area contributed by atoms with Gasteiger partial charge in [0.15, 0.2) is 0 Å². The summed E-state index contributed by atoms with van der Waals surface area (Å²) in [5, 5.41) is 8.98. The zero-order valence-electron chi connectivity index (χ0n) is 9.61. The molecule has 0 bridgehead atoms. The molecule has 0 amide bonds. The standard InChI is InChI=1S/C12H14ClFO2S/c1-7(2)11(12(15)16)17-6-8-5-9(14)3-4-10(8)13/h3-5,7,11H,6H2,1-2H3,(H,15,16). The molecule has 1 rings (SSSR count). The molecule has 0 spiro atoms. The fourth-order valence-corrected chi connectivity index (χ4v) is 2.77. The topological polar surface area (TPSA) is 37.3 Å². The molecule has 1 atom stereocenters. The van der Waals surface area contributed by atoms with Crippen molar-refractivity contribution < 1.29 is 14.3 Å². The van der Waals surface area contributed by atoms with Crippen LogP contribution in [0.15, 0.2) is 18.2 Å². The van der Waals surface area contributed by atoms with Gasteiger partial charge >= 0.3 is 5.97 Å². The molecule has 0 heterocycles. The van der Waals surface area contributed by atoms with Crippen LogP contribution in [0.5, 0.6) is 0 Å². The molecule has 1 aromatic rings. The SMILES string of the molecule is CC(C)C(SCc1cc(F)ccc1Cl)C(=O)O. The minimum Gasteiger partial charge on any atom is -0.480 e. The van der Waals surface area contributed by atoms with Gasteiger partial charge < -0.3 is 5.11 Å². The summed E-state index contributed by atoms with van der Waals surface area (Å²) >= 11 is 7.17. The van der Waals surface area contributed by atoms with E-state index in [9.17, 15) is 9.18 Å². The highest BCUT2D eigenvalue weighted by Gasteiger charge is 2.22. The van der Waals surface area contributed by atoms with Gasteiger partial charge in [-0.1, -0.05) is 25.4 Å².